The maximum Gasteiger partial charge on any atom is 0.315 e. The second-order valence-corrected chi connectivity index (χ2v) is 3.26. The molecule has 5 nitrogen and oxygen atoms in total. The maximum atomic E-state index is 11.5. The van der Waals surface area contributed by atoms with E-state index in [0.29, 0.717) is 0 Å². The summed E-state index contributed by atoms with van der Waals surface area (Å²) in [6.45, 7) is 3.96. The van der Waals surface area contributed by atoms with E-state index in [-0.39, 0.29) is 17.6 Å². The lowest BCUT2D eigenvalue weighted by molar-refractivity contribution is -0.0776. The van der Waals surface area contributed by atoms with Gasteiger partial charge in [-0.1, -0.05) is 19.0 Å². The van der Waals surface area contributed by atoms with Gasteiger partial charge >= 0.3 is 5.91 Å². The second-order valence-electron chi connectivity index (χ2n) is 3.26. The highest BCUT2D eigenvalue weighted by Crippen LogP contribution is 2.14. The standard InChI is InChI=1S/C9H14N2O3/c1-6(2)7-5-8(14-10-7)9(12)11(3)13-4/h5-6H,1-4H3. The van der Waals surface area contributed by atoms with Crippen LogP contribution in [0.4, 0.5) is 0 Å². The molecule has 0 aliphatic carbocycles. The number of aromatic nitrogens is 1. The Hall–Kier alpha value is -1.36. The number of rotatable bonds is 3. The van der Waals surface area contributed by atoms with Crippen LogP contribution in [0.3, 0.4) is 0 Å². The first-order valence-corrected chi connectivity index (χ1v) is 4.35. The van der Waals surface area contributed by atoms with Crippen molar-refractivity contribution in [3.63, 3.8) is 0 Å². The maximum absolute atomic E-state index is 11.5. The van der Waals surface area contributed by atoms with Crippen LogP contribution in [0, 0.1) is 0 Å². The van der Waals surface area contributed by atoms with Gasteiger partial charge in [0.25, 0.3) is 0 Å². The molecule has 1 heterocycles. The van der Waals surface area contributed by atoms with Crippen LogP contribution in [0.2, 0.25) is 0 Å². The van der Waals surface area contributed by atoms with Gasteiger partial charge in [-0.15, -0.1) is 0 Å². The average Bonchev–Trinajstić information content (AvgIpc) is 2.64. The summed E-state index contributed by atoms with van der Waals surface area (Å²) in [6, 6.07) is 1.63. The molecule has 0 bridgehead atoms. The van der Waals surface area contributed by atoms with Crippen molar-refractivity contribution in [2.24, 2.45) is 0 Å². The topological polar surface area (TPSA) is 55.6 Å². The highest BCUT2D eigenvalue weighted by atomic mass is 16.7. The fourth-order valence-electron chi connectivity index (χ4n) is 0.900. The zero-order chi connectivity index (χ0) is 10.7. The third kappa shape index (κ3) is 2.11. The number of amides is 1. The molecule has 0 radical (unpaired) electrons. The minimum Gasteiger partial charge on any atom is -0.351 e. The molecule has 0 N–H and O–H groups in total. The number of hydrogen-bond donors (Lipinski definition) is 0. The molecule has 0 atom stereocenters. The molecule has 0 fully saturated rings. The van der Waals surface area contributed by atoms with Gasteiger partial charge in [0.15, 0.2) is 0 Å². The molecule has 0 aromatic carbocycles. The number of carbonyl (C=O) groups excluding carboxylic acids is 1. The molecule has 1 rings (SSSR count). The van der Waals surface area contributed by atoms with Gasteiger partial charge < -0.3 is 4.52 Å². The minimum atomic E-state index is -0.341. The van der Waals surface area contributed by atoms with Crippen molar-refractivity contribution in [3.05, 3.63) is 17.5 Å². The van der Waals surface area contributed by atoms with Crippen molar-refractivity contribution in [2.75, 3.05) is 14.2 Å². The molecule has 0 unspecified atom stereocenters. The summed E-state index contributed by atoms with van der Waals surface area (Å²) in [5.41, 5.74) is 0.762. The molecule has 78 valence electrons. The van der Waals surface area contributed by atoms with Crippen LogP contribution in [0.15, 0.2) is 10.6 Å². The Morgan fingerprint density at radius 2 is 2.29 bits per heavy atom. The third-order valence-corrected chi connectivity index (χ3v) is 1.89. The summed E-state index contributed by atoms with van der Waals surface area (Å²) in [7, 11) is 2.93. The van der Waals surface area contributed by atoms with Crippen molar-refractivity contribution in [1.82, 2.24) is 10.2 Å². The molecule has 14 heavy (non-hydrogen) atoms. The van der Waals surface area contributed by atoms with Crippen LogP contribution >= 0.6 is 0 Å². The number of hydrogen-bond acceptors (Lipinski definition) is 4. The molecule has 0 spiro atoms. The van der Waals surface area contributed by atoms with Gasteiger partial charge in [0, 0.05) is 13.1 Å². The predicted molar refractivity (Wildman–Crippen MR) is 49.7 cm³/mol. The summed E-state index contributed by atoms with van der Waals surface area (Å²) in [5, 5.41) is 4.86. The zero-order valence-corrected chi connectivity index (χ0v) is 8.77. The summed E-state index contributed by atoms with van der Waals surface area (Å²) in [6.07, 6.45) is 0. The Kier molecular flexibility index (Phi) is 3.24. The van der Waals surface area contributed by atoms with Crippen molar-refractivity contribution < 1.29 is 14.2 Å². The van der Waals surface area contributed by atoms with E-state index in [1.54, 1.807) is 6.07 Å². The van der Waals surface area contributed by atoms with E-state index in [0.717, 1.165) is 10.8 Å². The van der Waals surface area contributed by atoms with Gasteiger partial charge in [-0.2, -0.15) is 0 Å². The lowest BCUT2D eigenvalue weighted by Crippen LogP contribution is -2.24. The van der Waals surface area contributed by atoms with E-state index in [9.17, 15) is 4.79 Å². The molecule has 1 aromatic rings. The minimum absolute atomic E-state index is 0.193. The van der Waals surface area contributed by atoms with E-state index >= 15 is 0 Å². The smallest absolute Gasteiger partial charge is 0.315 e. The first kappa shape index (κ1) is 10.7. The molecule has 0 saturated carbocycles. The molecule has 0 aliphatic rings. The van der Waals surface area contributed by atoms with E-state index < -0.39 is 0 Å². The zero-order valence-electron chi connectivity index (χ0n) is 8.77. The van der Waals surface area contributed by atoms with Gasteiger partial charge in [0.05, 0.1) is 12.8 Å². The van der Waals surface area contributed by atoms with Gasteiger partial charge in [-0.05, 0) is 5.92 Å². The number of nitrogens with zero attached hydrogens (tertiary/aromatic N) is 2. The Balaban J connectivity index is 2.81. The highest BCUT2D eigenvalue weighted by molar-refractivity contribution is 5.90. The normalized spacial score (nSPS) is 10.6. The van der Waals surface area contributed by atoms with Crippen LogP contribution in [0.25, 0.3) is 0 Å². The summed E-state index contributed by atoms with van der Waals surface area (Å²) < 4.78 is 4.89. The largest absolute Gasteiger partial charge is 0.351 e. The second kappa shape index (κ2) is 4.23. The number of hydroxylamine groups is 2. The Bertz CT molecular complexity index is 320. The monoisotopic (exact) mass is 198 g/mol. The predicted octanol–water partition coefficient (Wildman–Crippen LogP) is 1.43. The van der Waals surface area contributed by atoms with Crippen molar-refractivity contribution in [3.8, 4) is 0 Å². The molecule has 1 aromatic heterocycles. The van der Waals surface area contributed by atoms with Gasteiger partial charge in [-0.25, -0.2) is 5.06 Å². The van der Waals surface area contributed by atoms with Crippen molar-refractivity contribution >= 4 is 5.91 Å². The first-order chi connectivity index (χ1) is 6.56. The fraction of sp³-hybridized carbons (Fsp3) is 0.556. The Morgan fingerprint density at radius 1 is 1.64 bits per heavy atom. The van der Waals surface area contributed by atoms with E-state index in [2.05, 4.69) is 5.16 Å². The average molecular weight is 198 g/mol. The number of carbonyl (C=O) groups is 1. The summed E-state index contributed by atoms with van der Waals surface area (Å²) in [4.78, 5) is 16.2. The van der Waals surface area contributed by atoms with Crippen LogP contribution < -0.4 is 0 Å². The molecule has 1 amide bonds. The first-order valence-electron chi connectivity index (χ1n) is 4.35. The van der Waals surface area contributed by atoms with Crippen LogP contribution in [0.1, 0.15) is 36.0 Å². The molecule has 5 heteroatoms. The highest BCUT2D eigenvalue weighted by Gasteiger charge is 2.18. The lowest BCUT2D eigenvalue weighted by atomic mass is 10.1. The van der Waals surface area contributed by atoms with Crippen LogP contribution in [-0.4, -0.2) is 30.3 Å². The lowest BCUT2D eigenvalue weighted by Gasteiger charge is -2.10. The quantitative estimate of drug-likeness (QED) is 0.689. The molecule has 0 aliphatic heterocycles. The molecular formula is C9H14N2O3. The fourth-order valence-corrected chi connectivity index (χ4v) is 0.900. The van der Waals surface area contributed by atoms with Crippen LogP contribution in [-0.2, 0) is 4.84 Å². The Labute approximate surface area is 82.6 Å². The van der Waals surface area contributed by atoms with E-state index in [1.807, 2.05) is 13.8 Å². The van der Waals surface area contributed by atoms with Crippen LogP contribution in [0.5, 0.6) is 0 Å². The van der Waals surface area contributed by atoms with Gasteiger partial charge in [0.2, 0.25) is 5.76 Å². The SMILES string of the molecule is CON(C)C(=O)c1cc(C(C)C)no1. The summed E-state index contributed by atoms with van der Waals surface area (Å²) in [5.74, 6) is 0.0955. The molecule has 0 saturated heterocycles. The van der Waals surface area contributed by atoms with Crippen molar-refractivity contribution in [1.29, 1.82) is 0 Å². The Morgan fingerprint density at radius 3 is 2.71 bits per heavy atom. The molecular weight excluding hydrogens is 184 g/mol. The van der Waals surface area contributed by atoms with E-state index in [4.69, 9.17) is 9.36 Å². The van der Waals surface area contributed by atoms with Crippen molar-refractivity contribution in [2.45, 2.75) is 19.8 Å². The summed E-state index contributed by atoms with van der Waals surface area (Å²) >= 11 is 0. The van der Waals surface area contributed by atoms with Gasteiger partial charge in [-0.3, -0.25) is 9.63 Å². The third-order valence-electron chi connectivity index (χ3n) is 1.89. The van der Waals surface area contributed by atoms with Gasteiger partial charge in [0.1, 0.15) is 0 Å². The van der Waals surface area contributed by atoms with E-state index in [1.165, 1.54) is 14.2 Å².